The molecule has 0 amide bonds. The van der Waals surface area contributed by atoms with Gasteiger partial charge >= 0.3 is 0 Å². The van der Waals surface area contributed by atoms with Crippen molar-refractivity contribution in [1.29, 1.82) is 0 Å². The Morgan fingerprint density at radius 1 is 1.04 bits per heavy atom. The van der Waals surface area contributed by atoms with Gasteiger partial charge in [0, 0.05) is 0 Å². The number of unbranched alkanes of at least 4 members (excludes halogenated alkanes) is 3. The first kappa shape index (κ1) is 19.7. The van der Waals surface area contributed by atoms with E-state index in [1.807, 2.05) is 0 Å². The fraction of sp³-hybridized carbons (Fsp3) is 0.857. The van der Waals surface area contributed by atoms with Crippen LogP contribution in [0.2, 0.25) is 18.1 Å². The van der Waals surface area contributed by atoms with Gasteiger partial charge in [-0.05, 0) is 49.7 Å². The second-order valence-corrected chi connectivity index (χ2v) is 12.6. The standard InChI is InChI=1S/C21H38O2Si/c1-5-8-13-24(14-9-6-2,15-10-7-3)23-20(22)21(4)17-18-11-12-19(21)16-18/h11-12,18-19H,5-10,13-17H2,1-4H3. The van der Waals surface area contributed by atoms with Crippen molar-refractivity contribution in [3.05, 3.63) is 12.2 Å². The van der Waals surface area contributed by atoms with Crippen molar-refractivity contribution in [2.75, 3.05) is 0 Å². The number of carbonyl (C=O) groups excluding carboxylic acids is 1. The zero-order chi connectivity index (χ0) is 17.6. The predicted molar refractivity (Wildman–Crippen MR) is 104 cm³/mol. The van der Waals surface area contributed by atoms with Crippen LogP contribution in [0.4, 0.5) is 0 Å². The molecule has 3 unspecified atom stereocenters. The number of rotatable bonds is 11. The summed E-state index contributed by atoms with van der Waals surface area (Å²) >= 11 is 0. The maximum Gasteiger partial charge on any atom is 0.299 e. The number of carbonyl (C=O) groups is 1. The minimum Gasteiger partial charge on any atom is -0.519 e. The van der Waals surface area contributed by atoms with E-state index < -0.39 is 8.32 Å². The minimum absolute atomic E-state index is 0.148. The van der Waals surface area contributed by atoms with Crippen molar-refractivity contribution in [2.45, 2.75) is 97.2 Å². The maximum absolute atomic E-state index is 13.2. The van der Waals surface area contributed by atoms with E-state index in [1.165, 1.54) is 63.1 Å². The molecule has 1 fully saturated rings. The average Bonchev–Trinajstić information content (AvgIpc) is 3.17. The third-order valence-corrected chi connectivity index (χ3v) is 10.8. The van der Waals surface area contributed by atoms with Gasteiger partial charge in [0.05, 0.1) is 5.41 Å². The van der Waals surface area contributed by atoms with E-state index in [0.717, 1.165) is 6.42 Å². The molecule has 0 heterocycles. The summed E-state index contributed by atoms with van der Waals surface area (Å²) < 4.78 is 6.55. The van der Waals surface area contributed by atoms with Crippen LogP contribution in [0.3, 0.4) is 0 Å². The van der Waals surface area contributed by atoms with Crippen LogP contribution in [-0.2, 0) is 9.22 Å². The summed E-state index contributed by atoms with van der Waals surface area (Å²) in [6, 6.07) is 3.53. The van der Waals surface area contributed by atoms with E-state index in [1.54, 1.807) is 0 Å². The molecule has 0 saturated heterocycles. The molecular formula is C21H38O2Si. The van der Waals surface area contributed by atoms with Crippen molar-refractivity contribution in [3.63, 3.8) is 0 Å². The van der Waals surface area contributed by atoms with E-state index in [2.05, 4.69) is 39.8 Å². The largest absolute Gasteiger partial charge is 0.519 e. The van der Waals surface area contributed by atoms with Crippen LogP contribution >= 0.6 is 0 Å². The molecule has 24 heavy (non-hydrogen) atoms. The molecule has 0 aliphatic heterocycles. The van der Waals surface area contributed by atoms with Crippen LogP contribution in [0.15, 0.2) is 12.2 Å². The van der Waals surface area contributed by atoms with Gasteiger partial charge in [-0.25, -0.2) is 0 Å². The Balaban J connectivity index is 2.12. The third-order valence-electron chi connectivity index (χ3n) is 6.41. The lowest BCUT2D eigenvalue weighted by molar-refractivity contribution is -0.147. The van der Waals surface area contributed by atoms with E-state index >= 15 is 0 Å². The molecule has 3 heteroatoms. The molecule has 2 aliphatic rings. The molecule has 138 valence electrons. The zero-order valence-electron chi connectivity index (χ0n) is 16.4. The van der Waals surface area contributed by atoms with Gasteiger partial charge in [-0.3, -0.25) is 4.79 Å². The molecule has 2 rings (SSSR count). The van der Waals surface area contributed by atoms with Gasteiger partial charge in [-0.2, -0.15) is 0 Å². The number of fused-ring (bicyclic) bond motifs is 2. The SMILES string of the molecule is CCCC[Si](CCCC)(CCCC)OC(=O)C1(C)CC2C=CC1C2. The Morgan fingerprint density at radius 2 is 1.58 bits per heavy atom. The van der Waals surface area contributed by atoms with Crippen molar-refractivity contribution >= 4 is 14.3 Å². The highest BCUT2D eigenvalue weighted by Gasteiger charge is 2.52. The van der Waals surface area contributed by atoms with Crippen molar-refractivity contribution in [3.8, 4) is 0 Å². The lowest BCUT2D eigenvalue weighted by Gasteiger charge is -2.37. The molecular weight excluding hydrogens is 312 g/mol. The highest BCUT2D eigenvalue weighted by molar-refractivity contribution is 6.75. The van der Waals surface area contributed by atoms with Gasteiger partial charge in [0.1, 0.15) is 0 Å². The maximum atomic E-state index is 13.2. The van der Waals surface area contributed by atoms with E-state index in [0.29, 0.717) is 11.8 Å². The van der Waals surface area contributed by atoms with Gasteiger partial charge in [-0.1, -0.05) is 71.4 Å². The molecule has 0 aromatic rings. The van der Waals surface area contributed by atoms with Crippen LogP contribution in [0.5, 0.6) is 0 Å². The second kappa shape index (κ2) is 8.69. The summed E-state index contributed by atoms with van der Waals surface area (Å²) in [6.07, 6.45) is 14.0. The average molecular weight is 351 g/mol. The van der Waals surface area contributed by atoms with Gasteiger partial charge in [-0.15, -0.1) is 0 Å². The molecule has 2 nitrogen and oxygen atoms in total. The number of hydrogen-bond donors (Lipinski definition) is 0. The van der Waals surface area contributed by atoms with E-state index in [9.17, 15) is 4.79 Å². The Morgan fingerprint density at radius 3 is 1.96 bits per heavy atom. The summed E-state index contributed by atoms with van der Waals surface area (Å²) in [7, 11) is -1.94. The molecule has 0 spiro atoms. The van der Waals surface area contributed by atoms with Crippen LogP contribution in [0, 0.1) is 17.3 Å². The van der Waals surface area contributed by atoms with Crippen molar-refractivity contribution in [1.82, 2.24) is 0 Å². The summed E-state index contributed by atoms with van der Waals surface area (Å²) in [5, 5.41) is 0. The fourth-order valence-electron chi connectivity index (χ4n) is 4.67. The molecule has 3 atom stereocenters. The number of hydrogen-bond acceptors (Lipinski definition) is 2. The summed E-state index contributed by atoms with van der Waals surface area (Å²) in [4.78, 5) is 13.2. The van der Waals surface area contributed by atoms with Crippen LogP contribution in [0.1, 0.15) is 79.1 Å². The van der Waals surface area contributed by atoms with Gasteiger partial charge < -0.3 is 4.43 Å². The Bertz CT molecular complexity index is 423. The van der Waals surface area contributed by atoms with Crippen LogP contribution < -0.4 is 0 Å². The second-order valence-electron chi connectivity index (χ2n) is 8.49. The summed E-state index contributed by atoms with van der Waals surface area (Å²) in [5.74, 6) is 1.19. The quantitative estimate of drug-likeness (QED) is 0.315. The van der Waals surface area contributed by atoms with Gasteiger partial charge in [0.25, 0.3) is 14.3 Å². The first-order chi connectivity index (χ1) is 11.5. The molecule has 2 aliphatic carbocycles. The first-order valence-electron chi connectivity index (χ1n) is 10.4. The highest BCUT2D eigenvalue weighted by atomic mass is 28.4. The van der Waals surface area contributed by atoms with Crippen LogP contribution in [-0.4, -0.2) is 14.3 Å². The topological polar surface area (TPSA) is 26.3 Å². The monoisotopic (exact) mass is 350 g/mol. The predicted octanol–water partition coefficient (Wildman–Crippen LogP) is 6.48. The first-order valence-corrected chi connectivity index (χ1v) is 12.9. The van der Waals surface area contributed by atoms with Crippen molar-refractivity contribution in [2.24, 2.45) is 17.3 Å². The molecule has 0 radical (unpaired) electrons. The molecule has 2 bridgehead atoms. The molecule has 0 aromatic carbocycles. The minimum atomic E-state index is -1.94. The lowest BCUT2D eigenvalue weighted by Crippen LogP contribution is -2.46. The molecule has 0 N–H and O–H groups in total. The van der Waals surface area contributed by atoms with Gasteiger partial charge in [0.2, 0.25) is 0 Å². The smallest absolute Gasteiger partial charge is 0.299 e. The van der Waals surface area contributed by atoms with Gasteiger partial charge in [0.15, 0.2) is 0 Å². The van der Waals surface area contributed by atoms with E-state index in [4.69, 9.17) is 4.43 Å². The highest BCUT2D eigenvalue weighted by Crippen LogP contribution is 2.53. The zero-order valence-corrected chi connectivity index (χ0v) is 17.4. The van der Waals surface area contributed by atoms with E-state index in [-0.39, 0.29) is 11.4 Å². The normalized spacial score (nSPS) is 28.5. The Hall–Kier alpha value is -0.573. The molecule has 1 saturated carbocycles. The lowest BCUT2D eigenvalue weighted by atomic mass is 9.78. The Labute approximate surface area is 150 Å². The summed E-state index contributed by atoms with van der Waals surface area (Å²) in [5.41, 5.74) is -0.248. The third kappa shape index (κ3) is 4.33. The fourth-order valence-corrected chi connectivity index (χ4v) is 9.34. The van der Waals surface area contributed by atoms with Crippen molar-refractivity contribution < 1.29 is 9.22 Å². The molecule has 0 aromatic heterocycles. The summed E-state index contributed by atoms with van der Waals surface area (Å²) in [6.45, 7) is 8.93. The Kier molecular flexibility index (Phi) is 7.15. The number of allylic oxidation sites excluding steroid dienone is 2. The van der Waals surface area contributed by atoms with Crippen LogP contribution in [0.25, 0.3) is 0 Å².